The molecule has 5 nitrogen and oxygen atoms in total. The van der Waals surface area contributed by atoms with E-state index in [0.717, 1.165) is 49.5 Å². The molecule has 2 heterocycles. The van der Waals surface area contributed by atoms with Crippen molar-refractivity contribution in [2.24, 2.45) is 0 Å². The standard InChI is InChI=1S/C23H27N3O2/c1-17-7-6-8-18(2)22(17)26-21(27)15-20(23(26)28)25-13-11-24(12-14-25)16-19-9-4-3-5-10-19/h3-10,20H,11-16H2,1-2H3/t20-/m1/s1. The highest BCUT2D eigenvalue weighted by atomic mass is 16.2. The fraction of sp³-hybridized carbons (Fsp3) is 0.391. The zero-order valence-corrected chi connectivity index (χ0v) is 16.6. The summed E-state index contributed by atoms with van der Waals surface area (Å²) in [4.78, 5) is 31.9. The molecule has 2 fully saturated rings. The summed E-state index contributed by atoms with van der Waals surface area (Å²) in [6, 6.07) is 16.0. The van der Waals surface area contributed by atoms with Gasteiger partial charge in [0.25, 0.3) is 5.91 Å². The Bertz CT molecular complexity index is 852. The molecule has 2 aliphatic rings. The maximum atomic E-state index is 13.1. The molecule has 0 spiro atoms. The molecule has 4 rings (SSSR count). The van der Waals surface area contributed by atoms with Crippen molar-refractivity contribution in [2.75, 3.05) is 31.1 Å². The molecule has 0 unspecified atom stereocenters. The maximum absolute atomic E-state index is 13.1. The molecule has 0 aliphatic carbocycles. The number of amides is 2. The molecular formula is C23H27N3O2. The third-order valence-electron chi connectivity index (χ3n) is 5.88. The van der Waals surface area contributed by atoms with E-state index in [-0.39, 0.29) is 24.3 Å². The van der Waals surface area contributed by atoms with E-state index in [1.54, 1.807) is 0 Å². The predicted molar refractivity (Wildman–Crippen MR) is 110 cm³/mol. The van der Waals surface area contributed by atoms with Gasteiger partial charge >= 0.3 is 0 Å². The zero-order chi connectivity index (χ0) is 19.7. The summed E-state index contributed by atoms with van der Waals surface area (Å²) < 4.78 is 0. The summed E-state index contributed by atoms with van der Waals surface area (Å²) in [7, 11) is 0. The third-order valence-corrected chi connectivity index (χ3v) is 5.88. The second-order valence-electron chi connectivity index (χ2n) is 7.83. The molecule has 5 heteroatoms. The first-order valence-electron chi connectivity index (χ1n) is 9.98. The zero-order valence-electron chi connectivity index (χ0n) is 16.6. The molecule has 146 valence electrons. The van der Waals surface area contributed by atoms with E-state index in [1.807, 2.05) is 38.1 Å². The lowest BCUT2D eigenvalue weighted by atomic mass is 10.1. The van der Waals surface area contributed by atoms with Crippen molar-refractivity contribution in [3.63, 3.8) is 0 Å². The number of hydrogen-bond acceptors (Lipinski definition) is 4. The smallest absolute Gasteiger partial charge is 0.251 e. The van der Waals surface area contributed by atoms with Crippen LogP contribution in [0.2, 0.25) is 0 Å². The second kappa shape index (κ2) is 7.86. The quantitative estimate of drug-likeness (QED) is 0.769. The van der Waals surface area contributed by atoms with Gasteiger partial charge < -0.3 is 0 Å². The minimum absolute atomic E-state index is 0.0705. The van der Waals surface area contributed by atoms with Crippen molar-refractivity contribution < 1.29 is 9.59 Å². The Balaban J connectivity index is 1.42. The third kappa shape index (κ3) is 3.60. The van der Waals surface area contributed by atoms with Gasteiger partial charge in [-0.3, -0.25) is 19.4 Å². The number of para-hydroxylation sites is 1. The van der Waals surface area contributed by atoms with Crippen LogP contribution in [0.25, 0.3) is 0 Å². The van der Waals surface area contributed by atoms with Crippen molar-refractivity contribution >= 4 is 17.5 Å². The molecule has 2 saturated heterocycles. The number of carbonyl (C=O) groups excluding carboxylic acids is 2. The summed E-state index contributed by atoms with van der Waals surface area (Å²) in [6.07, 6.45) is 0.283. The number of benzene rings is 2. The Morgan fingerprint density at radius 1 is 0.857 bits per heavy atom. The van der Waals surface area contributed by atoms with Crippen molar-refractivity contribution in [1.29, 1.82) is 0 Å². The minimum Gasteiger partial charge on any atom is -0.297 e. The van der Waals surface area contributed by atoms with Gasteiger partial charge in [0, 0.05) is 32.7 Å². The summed E-state index contributed by atoms with van der Waals surface area (Å²) in [5.74, 6) is -0.155. The molecule has 0 bridgehead atoms. The Kier molecular flexibility index (Phi) is 5.29. The van der Waals surface area contributed by atoms with Crippen LogP contribution < -0.4 is 4.90 Å². The number of piperazine rings is 1. The minimum atomic E-state index is -0.328. The van der Waals surface area contributed by atoms with Crippen molar-refractivity contribution in [3.05, 3.63) is 65.2 Å². The molecule has 0 saturated carbocycles. The van der Waals surface area contributed by atoms with E-state index in [1.165, 1.54) is 10.5 Å². The van der Waals surface area contributed by atoms with Crippen LogP contribution in [-0.2, 0) is 16.1 Å². The lowest BCUT2D eigenvalue weighted by molar-refractivity contribution is -0.123. The van der Waals surface area contributed by atoms with Crippen LogP contribution in [0.15, 0.2) is 48.5 Å². The molecule has 0 aromatic heterocycles. The molecule has 2 amide bonds. The highest BCUT2D eigenvalue weighted by Gasteiger charge is 2.44. The maximum Gasteiger partial charge on any atom is 0.251 e. The summed E-state index contributed by atoms with van der Waals surface area (Å²) in [6.45, 7) is 8.30. The first-order valence-corrected chi connectivity index (χ1v) is 9.98. The highest BCUT2D eigenvalue weighted by molar-refractivity contribution is 6.23. The SMILES string of the molecule is Cc1cccc(C)c1N1C(=O)C[C@@H](N2CCN(Cc3ccccc3)CC2)C1=O. The lowest BCUT2D eigenvalue weighted by Crippen LogP contribution is -2.52. The number of anilines is 1. The molecule has 2 aromatic carbocycles. The van der Waals surface area contributed by atoms with Gasteiger partial charge in [-0.05, 0) is 30.5 Å². The normalized spacial score (nSPS) is 21.5. The van der Waals surface area contributed by atoms with Gasteiger partial charge in [0.2, 0.25) is 5.91 Å². The highest BCUT2D eigenvalue weighted by Crippen LogP contribution is 2.31. The number of imide groups is 1. The summed E-state index contributed by atoms with van der Waals surface area (Å²) in [5, 5.41) is 0. The number of aryl methyl sites for hydroxylation is 2. The largest absolute Gasteiger partial charge is 0.297 e. The van der Waals surface area contributed by atoms with E-state index in [0.29, 0.717) is 0 Å². The fourth-order valence-corrected chi connectivity index (χ4v) is 4.37. The average Bonchev–Trinajstić information content (AvgIpc) is 2.98. The first-order chi connectivity index (χ1) is 13.5. The summed E-state index contributed by atoms with van der Waals surface area (Å²) >= 11 is 0. The number of rotatable bonds is 4. The second-order valence-corrected chi connectivity index (χ2v) is 7.83. The van der Waals surface area contributed by atoms with Gasteiger partial charge in [-0.15, -0.1) is 0 Å². The summed E-state index contributed by atoms with van der Waals surface area (Å²) in [5.41, 5.74) is 4.01. The molecule has 1 atom stereocenters. The van der Waals surface area contributed by atoms with Crippen LogP contribution in [0.4, 0.5) is 5.69 Å². The van der Waals surface area contributed by atoms with E-state index < -0.39 is 0 Å². The molecule has 2 aliphatic heterocycles. The van der Waals surface area contributed by atoms with Crippen LogP contribution >= 0.6 is 0 Å². The van der Waals surface area contributed by atoms with Crippen LogP contribution in [0.1, 0.15) is 23.1 Å². The number of hydrogen-bond donors (Lipinski definition) is 0. The van der Waals surface area contributed by atoms with Crippen molar-refractivity contribution in [3.8, 4) is 0 Å². The van der Waals surface area contributed by atoms with Gasteiger partial charge in [0.1, 0.15) is 0 Å². The monoisotopic (exact) mass is 377 g/mol. The van der Waals surface area contributed by atoms with Gasteiger partial charge in [0.15, 0.2) is 0 Å². The van der Waals surface area contributed by atoms with Crippen LogP contribution in [0.3, 0.4) is 0 Å². The Morgan fingerprint density at radius 3 is 2.14 bits per heavy atom. The molecular weight excluding hydrogens is 350 g/mol. The topological polar surface area (TPSA) is 43.9 Å². The van der Waals surface area contributed by atoms with Gasteiger partial charge in [-0.2, -0.15) is 0 Å². The first kappa shape index (κ1) is 18.8. The average molecular weight is 377 g/mol. The number of nitrogens with zero attached hydrogens (tertiary/aromatic N) is 3. The van der Waals surface area contributed by atoms with E-state index in [9.17, 15) is 9.59 Å². The molecule has 28 heavy (non-hydrogen) atoms. The van der Waals surface area contributed by atoms with Gasteiger partial charge in [-0.1, -0.05) is 48.5 Å². The number of carbonyl (C=O) groups is 2. The van der Waals surface area contributed by atoms with Gasteiger partial charge in [0.05, 0.1) is 18.2 Å². The van der Waals surface area contributed by atoms with Crippen LogP contribution in [0, 0.1) is 13.8 Å². The van der Waals surface area contributed by atoms with E-state index in [2.05, 4.69) is 34.1 Å². The molecule has 2 aromatic rings. The predicted octanol–water partition coefficient (Wildman–Crippen LogP) is 2.75. The Hall–Kier alpha value is -2.50. The van der Waals surface area contributed by atoms with E-state index in [4.69, 9.17) is 0 Å². The molecule has 0 N–H and O–H groups in total. The van der Waals surface area contributed by atoms with Gasteiger partial charge in [-0.25, -0.2) is 4.90 Å². The Morgan fingerprint density at radius 2 is 1.50 bits per heavy atom. The Labute approximate surface area is 166 Å². The van der Waals surface area contributed by atoms with Crippen LogP contribution in [0.5, 0.6) is 0 Å². The van der Waals surface area contributed by atoms with E-state index >= 15 is 0 Å². The fourth-order valence-electron chi connectivity index (χ4n) is 4.37. The lowest BCUT2D eigenvalue weighted by Gasteiger charge is -2.37. The van der Waals surface area contributed by atoms with Crippen LogP contribution in [-0.4, -0.2) is 53.8 Å². The van der Waals surface area contributed by atoms with Crippen molar-refractivity contribution in [1.82, 2.24) is 9.80 Å². The molecule has 0 radical (unpaired) electrons. The van der Waals surface area contributed by atoms with Crippen molar-refractivity contribution in [2.45, 2.75) is 32.9 Å².